The van der Waals surface area contributed by atoms with Gasteiger partial charge in [-0.1, -0.05) is 53.8 Å². The van der Waals surface area contributed by atoms with E-state index in [0.29, 0.717) is 57.4 Å². The minimum absolute atomic E-state index is 0.0611. The SMILES string of the molecule is O=C(c1ccccc1)c1cc2cc(Cc3ccc4oc(=O)c(-c5cnc(NC(=O)N6CCC(F)C6)s5)cc4c3)ccc2o1. The molecule has 0 spiro atoms. The number of anilines is 1. The van der Waals surface area contributed by atoms with Gasteiger partial charge in [-0.2, -0.15) is 0 Å². The second kappa shape index (κ2) is 11.0. The number of carbonyl (C=O) groups is 2. The van der Waals surface area contributed by atoms with Crippen LogP contribution in [0.4, 0.5) is 14.3 Å². The molecule has 1 N–H and O–H groups in total. The van der Waals surface area contributed by atoms with Gasteiger partial charge in [0.05, 0.1) is 17.0 Å². The van der Waals surface area contributed by atoms with E-state index < -0.39 is 17.8 Å². The molecule has 0 aliphatic carbocycles. The van der Waals surface area contributed by atoms with Crippen molar-refractivity contribution >= 4 is 50.2 Å². The Labute approximate surface area is 248 Å². The number of urea groups is 1. The molecule has 0 saturated carbocycles. The van der Waals surface area contributed by atoms with Crippen LogP contribution in [0.1, 0.15) is 33.7 Å². The van der Waals surface area contributed by atoms with E-state index in [4.69, 9.17) is 8.83 Å². The molecule has 10 heteroatoms. The van der Waals surface area contributed by atoms with Gasteiger partial charge in [0.15, 0.2) is 10.9 Å². The van der Waals surface area contributed by atoms with Gasteiger partial charge in [0.1, 0.15) is 17.3 Å². The monoisotopic (exact) mass is 593 g/mol. The fraction of sp³-hybridized carbons (Fsp3) is 0.152. The molecule has 7 rings (SSSR count). The molecule has 43 heavy (non-hydrogen) atoms. The number of thiazole rings is 1. The van der Waals surface area contributed by atoms with Gasteiger partial charge in [0.2, 0.25) is 5.78 Å². The molecule has 8 nitrogen and oxygen atoms in total. The number of fused-ring (bicyclic) bond motifs is 2. The Morgan fingerprint density at radius 3 is 2.40 bits per heavy atom. The number of aromatic nitrogens is 1. The molecule has 1 aliphatic heterocycles. The summed E-state index contributed by atoms with van der Waals surface area (Å²) in [6.45, 7) is 0.415. The summed E-state index contributed by atoms with van der Waals surface area (Å²) in [7, 11) is 0. The van der Waals surface area contributed by atoms with Gasteiger partial charge >= 0.3 is 11.7 Å². The van der Waals surface area contributed by atoms with Gasteiger partial charge in [-0.3, -0.25) is 10.1 Å². The first kappa shape index (κ1) is 26.8. The van der Waals surface area contributed by atoms with Gasteiger partial charge in [0, 0.05) is 29.1 Å². The van der Waals surface area contributed by atoms with E-state index in [2.05, 4.69) is 10.3 Å². The average molecular weight is 594 g/mol. The molecular weight excluding hydrogens is 569 g/mol. The Balaban J connectivity index is 1.11. The zero-order valence-corrected chi connectivity index (χ0v) is 23.5. The highest BCUT2D eigenvalue weighted by Crippen LogP contribution is 2.30. The molecule has 214 valence electrons. The molecule has 0 bridgehead atoms. The second-order valence-corrected chi connectivity index (χ2v) is 11.5. The Hall–Kier alpha value is -5.09. The number of amides is 2. The summed E-state index contributed by atoms with van der Waals surface area (Å²) < 4.78 is 24.9. The third-order valence-electron chi connectivity index (χ3n) is 7.45. The van der Waals surface area contributed by atoms with E-state index in [9.17, 15) is 18.8 Å². The Morgan fingerprint density at radius 2 is 1.67 bits per heavy atom. The van der Waals surface area contributed by atoms with Crippen molar-refractivity contribution in [1.82, 2.24) is 9.88 Å². The predicted octanol–water partition coefficient (Wildman–Crippen LogP) is 7.06. The van der Waals surface area contributed by atoms with Crippen LogP contribution in [0.5, 0.6) is 0 Å². The van der Waals surface area contributed by atoms with E-state index in [1.807, 2.05) is 48.5 Å². The minimum Gasteiger partial charge on any atom is -0.453 e. The van der Waals surface area contributed by atoms with Crippen LogP contribution < -0.4 is 10.9 Å². The van der Waals surface area contributed by atoms with Gasteiger partial charge < -0.3 is 13.7 Å². The van der Waals surface area contributed by atoms with E-state index in [0.717, 1.165) is 33.2 Å². The van der Waals surface area contributed by atoms with Crippen LogP contribution in [-0.2, 0) is 6.42 Å². The number of hydrogen-bond acceptors (Lipinski definition) is 7. The first-order valence-electron chi connectivity index (χ1n) is 13.7. The normalized spacial score (nSPS) is 14.9. The van der Waals surface area contributed by atoms with Crippen molar-refractivity contribution < 1.29 is 22.8 Å². The molecule has 1 unspecified atom stereocenters. The maximum absolute atomic E-state index is 13.5. The number of furan rings is 1. The van der Waals surface area contributed by atoms with Crippen LogP contribution in [0, 0.1) is 0 Å². The van der Waals surface area contributed by atoms with Crippen molar-refractivity contribution in [2.75, 3.05) is 18.4 Å². The van der Waals surface area contributed by atoms with Crippen LogP contribution in [0.15, 0.2) is 98.7 Å². The third kappa shape index (κ3) is 5.44. The summed E-state index contributed by atoms with van der Waals surface area (Å²) in [5.41, 5.74) is 3.53. The summed E-state index contributed by atoms with van der Waals surface area (Å²) in [5.74, 6) is 0.129. The van der Waals surface area contributed by atoms with Crippen LogP contribution >= 0.6 is 11.3 Å². The number of halogens is 1. The fourth-order valence-electron chi connectivity index (χ4n) is 5.27. The van der Waals surface area contributed by atoms with E-state index >= 15 is 0 Å². The van der Waals surface area contributed by atoms with Crippen molar-refractivity contribution in [3.05, 3.63) is 118 Å². The maximum Gasteiger partial charge on any atom is 0.345 e. The van der Waals surface area contributed by atoms with Gasteiger partial charge in [-0.05, 0) is 60.4 Å². The number of hydrogen-bond donors (Lipinski definition) is 1. The molecule has 1 fully saturated rings. The lowest BCUT2D eigenvalue weighted by molar-refractivity contribution is 0.101. The standard InChI is InChI=1S/C33H24FN3O5S/c34-24-10-11-37(18-24)33(40)36-32-35-17-29(43-32)25-15-22-13-19(7-9-27(22)42-31(25)39)12-20-6-8-26-23(14-20)16-28(41-26)30(38)21-4-2-1-3-5-21/h1-9,13-17,24H,10-12,18H2,(H,35,36,40). The minimum atomic E-state index is -1.01. The van der Waals surface area contributed by atoms with Gasteiger partial charge in [-0.15, -0.1) is 0 Å². The second-order valence-electron chi connectivity index (χ2n) is 10.5. The number of likely N-dealkylation sites (tertiary alicyclic amines) is 1. The van der Waals surface area contributed by atoms with Crippen molar-refractivity contribution in [3.8, 4) is 10.4 Å². The summed E-state index contributed by atoms with van der Waals surface area (Å²) >= 11 is 1.15. The average Bonchev–Trinajstić information content (AvgIpc) is 3.77. The van der Waals surface area contributed by atoms with Gasteiger partial charge in [-0.25, -0.2) is 19.0 Å². The quantitative estimate of drug-likeness (QED) is 0.164. The van der Waals surface area contributed by atoms with Crippen molar-refractivity contribution in [2.24, 2.45) is 0 Å². The maximum atomic E-state index is 13.5. The van der Waals surface area contributed by atoms with Crippen LogP contribution in [0.25, 0.3) is 32.4 Å². The molecule has 4 heterocycles. The number of benzene rings is 3. The first-order valence-corrected chi connectivity index (χ1v) is 14.6. The summed E-state index contributed by atoms with van der Waals surface area (Å²) in [5, 5.41) is 4.59. The van der Waals surface area contributed by atoms with Crippen LogP contribution in [0.3, 0.4) is 0 Å². The Kier molecular flexibility index (Phi) is 6.83. The number of carbonyl (C=O) groups excluding carboxylic acids is 2. The lowest BCUT2D eigenvalue weighted by Gasteiger charge is -2.14. The molecule has 3 aromatic heterocycles. The lowest BCUT2D eigenvalue weighted by Crippen LogP contribution is -2.33. The highest BCUT2D eigenvalue weighted by Gasteiger charge is 2.26. The van der Waals surface area contributed by atoms with E-state index in [-0.39, 0.29) is 12.3 Å². The largest absolute Gasteiger partial charge is 0.453 e. The molecule has 3 aromatic carbocycles. The highest BCUT2D eigenvalue weighted by atomic mass is 32.1. The van der Waals surface area contributed by atoms with Crippen molar-refractivity contribution in [3.63, 3.8) is 0 Å². The smallest absolute Gasteiger partial charge is 0.345 e. The van der Waals surface area contributed by atoms with E-state index in [1.54, 1.807) is 30.3 Å². The zero-order valence-electron chi connectivity index (χ0n) is 22.7. The molecule has 0 radical (unpaired) electrons. The number of nitrogens with one attached hydrogen (secondary N) is 1. The van der Waals surface area contributed by atoms with E-state index in [1.165, 1.54) is 11.1 Å². The Morgan fingerprint density at radius 1 is 0.953 bits per heavy atom. The first-order chi connectivity index (χ1) is 20.9. The molecular formula is C33H24FN3O5S. The summed E-state index contributed by atoms with van der Waals surface area (Å²) in [6.07, 6.45) is 1.44. The third-order valence-corrected chi connectivity index (χ3v) is 8.39. The molecule has 1 saturated heterocycles. The molecule has 6 aromatic rings. The summed E-state index contributed by atoms with van der Waals surface area (Å²) in [6, 6.07) is 23.6. The summed E-state index contributed by atoms with van der Waals surface area (Å²) in [4.78, 5) is 44.2. The number of rotatable bonds is 6. The number of alkyl halides is 1. The fourth-order valence-corrected chi connectivity index (χ4v) is 6.08. The van der Waals surface area contributed by atoms with Crippen molar-refractivity contribution in [2.45, 2.75) is 19.0 Å². The number of ketones is 1. The highest BCUT2D eigenvalue weighted by molar-refractivity contribution is 7.19. The molecule has 1 aliphatic rings. The topological polar surface area (TPSA) is 106 Å². The van der Waals surface area contributed by atoms with Gasteiger partial charge in [0.25, 0.3) is 0 Å². The molecule has 1 atom stereocenters. The van der Waals surface area contributed by atoms with Crippen molar-refractivity contribution in [1.29, 1.82) is 0 Å². The number of nitrogens with zero attached hydrogens (tertiary/aromatic N) is 2. The van der Waals surface area contributed by atoms with Crippen LogP contribution in [-0.4, -0.2) is 41.0 Å². The molecule has 2 amide bonds. The predicted molar refractivity (Wildman–Crippen MR) is 163 cm³/mol. The van der Waals surface area contributed by atoms with Crippen LogP contribution in [0.2, 0.25) is 0 Å². The Bertz CT molecular complexity index is 2070. The zero-order chi connectivity index (χ0) is 29.5. The lowest BCUT2D eigenvalue weighted by atomic mass is 10.0.